The highest BCUT2D eigenvalue weighted by Crippen LogP contribution is 2.35. The van der Waals surface area contributed by atoms with Crippen molar-refractivity contribution in [2.24, 2.45) is 11.7 Å². The number of rotatable bonds is 6. The number of hydrogen-bond donors (Lipinski definition) is 1. The van der Waals surface area contributed by atoms with Crippen LogP contribution in [0.2, 0.25) is 5.02 Å². The van der Waals surface area contributed by atoms with Crippen molar-refractivity contribution >= 4 is 51.5 Å². The summed E-state index contributed by atoms with van der Waals surface area (Å²) >= 11 is 6.62. The predicted octanol–water partition coefficient (Wildman–Crippen LogP) is 5.78. The van der Waals surface area contributed by atoms with E-state index in [-0.39, 0.29) is 45.8 Å². The van der Waals surface area contributed by atoms with E-state index in [1.807, 2.05) is 13.8 Å². The van der Waals surface area contributed by atoms with Crippen LogP contribution in [-0.2, 0) is 17.5 Å². The summed E-state index contributed by atoms with van der Waals surface area (Å²) in [5.41, 5.74) is 6.56. The van der Waals surface area contributed by atoms with Crippen LogP contribution in [0.1, 0.15) is 30.5 Å². The summed E-state index contributed by atoms with van der Waals surface area (Å²) in [7, 11) is 0. The third-order valence-electron chi connectivity index (χ3n) is 5.78. The summed E-state index contributed by atoms with van der Waals surface area (Å²) in [6.07, 6.45) is -1.38. The van der Waals surface area contributed by atoms with Crippen molar-refractivity contribution in [2.75, 3.05) is 6.54 Å². The Kier molecular flexibility index (Phi) is 6.99. The second-order valence-corrected chi connectivity index (χ2v) is 10.0. The SMILES string of the molecule is CC(C)C(N)CN1C(=O)SC(=Cc2ccc3c(cnn3Cc3ccc(Cl)cc3C(F)(F)F)c2)C1=O. The zero-order chi connectivity index (χ0) is 25.5. The molecule has 2 aromatic carbocycles. The number of benzene rings is 2. The first kappa shape index (κ1) is 25.3. The highest BCUT2D eigenvalue weighted by molar-refractivity contribution is 8.18. The first-order valence-corrected chi connectivity index (χ1v) is 12.0. The van der Waals surface area contributed by atoms with E-state index < -0.39 is 17.6 Å². The number of thioether (sulfide) groups is 1. The zero-order valence-electron chi connectivity index (χ0n) is 18.8. The molecular formula is C24H22ClF3N4O2S. The molecule has 0 aliphatic carbocycles. The van der Waals surface area contributed by atoms with E-state index in [0.717, 1.165) is 22.7 Å². The second-order valence-electron chi connectivity index (χ2n) is 8.62. The topological polar surface area (TPSA) is 81.2 Å². The lowest BCUT2D eigenvalue weighted by atomic mass is 10.1. The molecule has 0 radical (unpaired) electrons. The first-order chi connectivity index (χ1) is 16.4. The van der Waals surface area contributed by atoms with E-state index in [4.69, 9.17) is 17.3 Å². The molecule has 2 heterocycles. The number of carbonyl (C=O) groups excluding carboxylic acids is 2. The van der Waals surface area contributed by atoms with Crippen molar-refractivity contribution in [3.8, 4) is 0 Å². The van der Waals surface area contributed by atoms with Crippen molar-refractivity contribution in [1.29, 1.82) is 0 Å². The van der Waals surface area contributed by atoms with Crippen LogP contribution < -0.4 is 5.73 Å². The molecule has 1 aliphatic rings. The number of amides is 2. The van der Waals surface area contributed by atoms with Gasteiger partial charge in [0.15, 0.2) is 0 Å². The predicted molar refractivity (Wildman–Crippen MR) is 131 cm³/mol. The number of aromatic nitrogens is 2. The summed E-state index contributed by atoms with van der Waals surface area (Å²) in [6, 6.07) is 8.55. The lowest BCUT2D eigenvalue weighted by Gasteiger charge is -2.20. The molecule has 1 aromatic heterocycles. The van der Waals surface area contributed by atoms with Crippen molar-refractivity contribution < 1.29 is 22.8 Å². The number of nitrogens with zero attached hydrogens (tertiary/aromatic N) is 3. The number of alkyl halides is 3. The van der Waals surface area contributed by atoms with E-state index in [2.05, 4.69) is 5.10 Å². The summed E-state index contributed by atoms with van der Waals surface area (Å²) < 4.78 is 41.8. The summed E-state index contributed by atoms with van der Waals surface area (Å²) in [4.78, 5) is 26.5. The molecule has 1 unspecified atom stereocenters. The molecule has 35 heavy (non-hydrogen) atoms. The molecule has 1 aliphatic heterocycles. The van der Waals surface area contributed by atoms with Crippen LogP contribution >= 0.6 is 23.4 Å². The van der Waals surface area contributed by atoms with E-state index in [9.17, 15) is 22.8 Å². The van der Waals surface area contributed by atoms with Crippen LogP contribution in [0.15, 0.2) is 47.5 Å². The molecule has 6 nitrogen and oxygen atoms in total. The number of fused-ring (bicyclic) bond motifs is 1. The fraction of sp³-hybridized carbons (Fsp3) is 0.292. The first-order valence-electron chi connectivity index (χ1n) is 10.8. The fourth-order valence-corrected chi connectivity index (χ4v) is 4.68. The second kappa shape index (κ2) is 9.67. The highest BCUT2D eigenvalue weighted by Gasteiger charge is 2.36. The normalized spacial score (nSPS) is 16.8. The van der Waals surface area contributed by atoms with Gasteiger partial charge in [0.05, 0.1) is 28.7 Å². The Hall–Kier alpha value is -2.82. The minimum absolute atomic E-state index is 0.00615. The third kappa shape index (κ3) is 5.39. The fourth-order valence-electron chi connectivity index (χ4n) is 3.66. The Morgan fingerprint density at radius 2 is 1.91 bits per heavy atom. The van der Waals surface area contributed by atoms with Gasteiger partial charge in [-0.25, -0.2) is 0 Å². The average molecular weight is 523 g/mol. The number of carbonyl (C=O) groups is 2. The van der Waals surface area contributed by atoms with Gasteiger partial charge >= 0.3 is 6.18 Å². The summed E-state index contributed by atoms with van der Waals surface area (Å²) in [5.74, 6) is -0.276. The smallest absolute Gasteiger partial charge is 0.326 e. The lowest BCUT2D eigenvalue weighted by molar-refractivity contribution is -0.138. The Morgan fingerprint density at radius 3 is 2.60 bits per heavy atom. The lowest BCUT2D eigenvalue weighted by Crippen LogP contribution is -2.42. The van der Waals surface area contributed by atoms with E-state index in [1.54, 1.807) is 30.5 Å². The minimum atomic E-state index is -4.54. The molecule has 2 N–H and O–H groups in total. The van der Waals surface area contributed by atoms with E-state index >= 15 is 0 Å². The van der Waals surface area contributed by atoms with Crippen molar-refractivity contribution in [1.82, 2.24) is 14.7 Å². The molecule has 1 fully saturated rings. The quantitative estimate of drug-likeness (QED) is 0.415. The molecule has 184 valence electrons. The van der Waals surface area contributed by atoms with E-state index in [0.29, 0.717) is 16.5 Å². The number of nitrogens with two attached hydrogens (primary N) is 1. The molecule has 1 atom stereocenters. The van der Waals surface area contributed by atoms with Crippen molar-refractivity contribution in [3.05, 3.63) is 69.2 Å². The summed E-state index contributed by atoms with van der Waals surface area (Å²) in [6.45, 7) is 3.90. The minimum Gasteiger partial charge on any atom is -0.326 e. The Morgan fingerprint density at radius 1 is 1.17 bits per heavy atom. The molecule has 0 bridgehead atoms. The number of hydrogen-bond acceptors (Lipinski definition) is 5. The van der Waals surface area contributed by atoms with Crippen LogP contribution in [0.25, 0.3) is 17.0 Å². The molecule has 4 rings (SSSR count). The average Bonchev–Trinajstić information content (AvgIpc) is 3.29. The molecule has 3 aromatic rings. The van der Waals surface area contributed by atoms with Crippen LogP contribution in [0.3, 0.4) is 0 Å². The van der Waals surface area contributed by atoms with Crippen LogP contribution in [0, 0.1) is 5.92 Å². The monoisotopic (exact) mass is 522 g/mol. The van der Waals surface area contributed by atoms with Gasteiger partial charge in [-0.3, -0.25) is 19.2 Å². The molecule has 11 heteroatoms. The largest absolute Gasteiger partial charge is 0.416 e. The van der Waals surface area contributed by atoms with Crippen molar-refractivity contribution in [2.45, 2.75) is 32.6 Å². The van der Waals surface area contributed by atoms with Gasteiger partial charge in [-0.2, -0.15) is 18.3 Å². The molecule has 1 saturated heterocycles. The van der Waals surface area contributed by atoms with Crippen LogP contribution in [0.5, 0.6) is 0 Å². The van der Waals surface area contributed by atoms with Crippen LogP contribution in [0.4, 0.5) is 18.0 Å². The van der Waals surface area contributed by atoms with Crippen LogP contribution in [-0.4, -0.2) is 38.4 Å². The maximum Gasteiger partial charge on any atom is 0.416 e. The molecule has 2 amide bonds. The van der Waals surface area contributed by atoms with Gasteiger partial charge in [0.1, 0.15) is 0 Å². The third-order valence-corrected chi connectivity index (χ3v) is 6.93. The maximum absolute atomic E-state index is 13.5. The molecule has 0 saturated carbocycles. The number of imide groups is 1. The van der Waals surface area contributed by atoms with Gasteiger partial charge in [-0.05, 0) is 59.1 Å². The zero-order valence-corrected chi connectivity index (χ0v) is 20.4. The maximum atomic E-state index is 13.5. The summed E-state index contributed by atoms with van der Waals surface area (Å²) in [5, 5.41) is 4.57. The van der Waals surface area contributed by atoms with Gasteiger partial charge in [-0.1, -0.05) is 37.6 Å². The van der Waals surface area contributed by atoms with Gasteiger partial charge in [0, 0.05) is 23.0 Å². The van der Waals surface area contributed by atoms with Gasteiger partial charge < -0.3 is 5.73 Å². The Balaban J connectivity index is 1.58. The van der Waals surface area contributed by atoms with Gasteiger partial charge in [-0.15, -0.1) is 0 Å². The van der Waals surface area contributed by atoms with Gasteiger partial charge in [0.2, 0.25) is 0 Å². The molecular weight excluding hydrogens is 501 g/mol. The van der Waals surface area contributed by atoms with E-state index in [1.165, 1.54) is 16.8 Å². The van der Waals surface area contributed by atoms with Gasteiger partial charge in [0.25, 0.3) is 11.1 Å². The Bertz CT molecular complexity index is 1340. The number of halogens is 4. The Labute approximate surface area is 208 Å². The highest BCUT2D eigenvalue weighted by atomic mass is 35.5. The molecule has 0 spiro atoms. The standard InChI is InChI=1S/C24H22ClF3N4O2S/c1-13(2)19(29)12-31-22(33)21(35-23(31)34)8-14-3-6-20-16(7-14)10-30-32(20)11-15-4-5-17(25)9-18(15)24(26,27)28/h3-10,13,19H,11-12,29H2,1-2H3. The van der Waals surface area contributed by atoms with Crippen molar-refractivity contribution in [3.63, 3.8) is 0 Å².